The Kier molecular flexibility index (Phi) is 4.42. The molecule has 1 aromatic carbocycles. The number of nitrogens with zero attached hydrogens (tertiary/aromatic N) is 1. The van der Waals surface area contributed by atoms with Gasteiger partial charge in [-0.15, -0.1) is 0 Å². The summed E-state index contributed by atoms with van der Waals surface area (Å²) in [6.45, 7) is 8.49. The first-order valence-corrected chi connectivity index (χ1v) is 8.28. The van der Waals surface area contributed by atoms with Crippen LogP contribution in [0.15, 0.2) is 24.3 Å². The summed E-state index contributed by atoms with van der Waals surface area (Å²) >= 11 is 0. The summed E-state index contributed by atoms with van der Waals surface area (Å²) < 4.78 is 0. The van der Waals surface area contributed by atoms with Gasteiger partial charge in [-0.05, 0) is 55.8 Å². The lowest BCUT2D eigenvalue weighted by molar-refractivity contribution is 0.182. The van der Waals surface area contributed by atoms with Crippen LogP contribution in [0.4, 0.5) is 0 Å². The smallest absolute Gasteiger partial charge is 0.0243 e. The molecule has 3 rings (SSSR count). The lowest BCUT2D eigenvalue weighted by atomic mass is 10.0. The highest BCUT2D eigenvalue weighted by atomic mass is 15.2. The van der Waals surface area contributed by atoms with Crippen LogP contribution in [-0.2, 0) is 12.8 Å². The highest BCUT2D eigenvalue weighted by molar-refractivity contribution is 5.33. The SMILES string of the molecule is CC(C)C(CNC1Cc2ccccc2C1)N1CCCC1. The predicted octanol–water partition coefficient (Wildman–Crippen LogP) is 2.86. The number of nitrogens with one attached hydrogen (secondary N) is 1. The Morgan fingerprint density at radius 1 is 1.10 bits per heavy atom. The largest absolute Gasteiger partial charge is 0.312 e. The minimum Gasteiger partial charge on any atom is -0.312 e. The van der Waals surface area contributed by atoms with Crippen molar-refractivity contribution >= 4 is 0 Å². The van der Waals surface area contributed by atoms with E-state index in [1.165, 1.54) is 38.8 Å². The lowest BCUT2D eigenvalue weighted by Gasteiger charge is -2.32. The van der Waals surface area contributed by atoms with E-state index >= 15 is 0 Å². The average Bonchev–Trinajstić information content (AvgIpc) is 3.06. The molecule has 1 heterocycles. The molecule has 1 N–H and O–H groups in total. The van der Waals surface area contributed by atoms with E-state index in [4.69, 9.17) is 0 Å². The molecule has 2 nitrogen and oxygen atoms in total. The lowest BCUT2D eigenvalue weighted by Crippen LogP contribution is -2.47. The van der Waals surface area contributed by atoms with Gasteiger partial charge in [0.15, 0.2) is 0 Å². The molecule has 0 saturated carbocycles. The van der Waals surface area contributed by atoms with Crippen molar-refractivity contribution in [2.75, 3.05) is 19.6 Å². The molecule has 110 valence electrons. The van der Waals surface area contributed by atoms with Crippen LogP contribution in [0.2, 0.25) is 0 Å². The third kappa shape index (κ3) is 3.07. The van der Waals surface area contributed by atoms with Gasteiger partial charge in [-0.1, -0.05) is 38.1 Å². The molecule has 0 amide bonds. The first-order valence-electron chi connectivity index (χ1n) is 8.28. The molecular weight excluding hydrogens is 244 g/mol. The van der Waals surface area contributed by atoms with Gasteiger partial charge in [0.25, 0.3) is 0 Å². The zero-order valence-corrected chi connectivity index (χ0v) is 12.9. The van der Waals surface area contributed by atoms with E-state index in [0.29, 0.717) is 12.1 Å². The summed E-state index contributed by atoms with van der Waals surface area (Å²) in [6, 6.07) is 10.3. The fourth-order valence-corrected chi connectivity index (χ4v) is 3.85. The second kappa shape index (κ2) is 6.28. The normalized spacial score (nSPS) is 21.6. The third-order valence-electron chi connectivity index (χ3n) is 5.05. The van der Waals surface area contributed by atoms with Gasteiger partial charge in [-0.3, -0.25) is 4.90 Å². The zero-order chi connectivity index (χ0) is 13.9. The van der Waals surface area contributed by atoms with Gasteiger partial charge in [0.1, 0.15) is 0 Å². The van der Waals surface area contributed by atoms with Crippen molar-refractivity contribution < 1.29 is 0 Å². The van der Waals surface area contributed by atoms with Crippen molar-refractivity contribution in [3.8, 4) is 0 Å². The fraction of sp³-hybridized carbons (Fsp3) is 0.667. The number of hydrogen-bond acceptors (Lipinski definition) is 2. The first kappa shape index (κ1) is 14.1. The highest BCUT2D eigenvalue weighted by Crippen LogP contribution is 2.22. The molecule has 0 bridgehead atoms. The van der Waals surface area contributed by atoms with Crippen LogP contribution in [0.25, 0.3) is 0 Å². The summed E-state index contributed by atoms with van der Waals surface area (Å²) in [7, 11) is 0. The molecule has 1 aliphatic carbocycles. The number of benzene rings is 1. The summed E-state index contributed by atoms with van der Waals surface area (Å²) in [5, 5.41) is 3.85. The van der Waals surface area contributed by atoms with Crippen LogP contribution in [0, 0.1) is 5.92 Å². The van der Waals surface area contributed by atoms with Crippen LogP contribution in [0.1, 0.15) is 37.8 Å². The Hall–Kier alpha value is -0.860. The molecule has 1 aliphatic heterocycles. The van der Waals surface area contributed by atoms with Crippen molar-refractivity contribution in [1.29, 1.82) is 0 Å². The molecule has 0 aromatic heterocycles. The second-order valence-corrected chi connectivity index (χ2v) is 6.84. The maximum Gasteiger partial charge on any atom is 0.0243 e. The van der Waals surface area contributed by atoms with Gasteiger partial charge in [0.2, 0.25) is 0 Å². The molecule has 20 heavy (non-hydrogen) atoms. The maximum absolute atomic E-state index is 3.85. The molecule has 1 unspecified atom stereocenters. The molecule has 1 aromatic rings. The quantitative estimate of drug-likeness (QED) is 0.886. The molecule has 0 spiro atoms. The molecule has 2 heteroatoms. The Balaban J connectivity index is 1.54. The molecule has 1 saturated heterocycles. The number of hydrogen-bond donors (Lipinski definition) is 1. The summed E-state index contributed by atoms with van der Waals surface area (Å²) in [6.07, 6.45) is 5.19. The Labute approximate surface area is 123 Å². The van der Waals surface area contributed by atoms with E-state index in [-0.39, 0.29) is 0 Å². The van der Waals surface area contributed by atoms with E-state index in [9.17, 15) is 0 Å². The van der Waals surface area contributed by atoms with E-state index in [0.717, 1.165) is 12.5 Å². The van der Waals surface area contributed by atoms with E-state index in [1.54, 1.807) is 11.1 Å². The zero-order valence-electron chi connectivity index (χ0n) is 12.9. The van der Waals surface area contributed by atoms with E-state index in [2.05, 4.69) is 48.3 Å². The van der Waals surface area contributed by atoms with Crippen LogP contribution >= 0.6 is 0 Å². The van der Waals surface area contributed by atoms with Crippen molar-refractivity contribution in [1.82, 2.24) is 10.2 Å². The summed E-state index contributed by atoms with van der Waals surface area (Å²) in [5.74, 6) is 0.740. The summed E-state index contributed by atoms with van der Waals surface area (Å²) in [4.78, 5) is 2.69. The monoisotopic (exact) mass is 272 g/mol. The first-order chi connectivity index (χ1) is 9.74. The topological polar surface area (TPSA) is 15.3 Å². The van der Waals surface area contributed by atoms with E-state index in [1.807, 2.05) is 0 Å². The van der Waals surface area contributed by atoms with Crippen molar-refractivity contribution in [2.45, 2.75) is 51.6 Å². The molecule has 2 aliphatic rings. The Morgan fingerprint density at radius 2 is 1.70 bits per heavy atom. The van der Waals surface area contributed by atoms with E-state index < -0.39 is 0 Å². The Morgan fingerprint density at radius 3 is 2.25 bits per heavy atom. The van der Waals surface area contributed by atoms with Gasteiger partial charge >= 0.3 is 0 Å². The van der Waals surface area contributed by atoms with Gasteiger partial charge in [-0.2, -0.15) is 0 Å². The maximum atomic E-state index is 3.85. The average molecular weight is 272 g/mol. The summed E-state index contributed by atoms with van der Waals surface area (Å²) in [5.41, 5.74) is 3.10. The third-order valence-corrected chi connectivity index (χ3v) is 5.05. The van der Waals surface area contributed by atoms with Crippen molar-refractivity contribution in [3.63, 3.8) is 0 Å². The van der Waals surface area contributed by atoms with Gasteiger partial charge in [0.05, 0.1) is 0 Å². The molecule has 1 atom stereocenters. The second-order valence-electron chi connectivity index (χ2n) is 6.84. The van der Waals surface area contributed by atoms with Crippen LogP contribution in [-0.4, -0.2) is 36.6 Å². The van der Waals surface area contributed by atoms with Crippen molar-refractivity contribution in [2.24, 2.45) is 5.92 Å². The highest BCUT2D eigenvalue weighted by Gasteiger charge is 2.26. The van der Waals surface area contributed by atoms with Crippen molar-refractivity contribution in [3.05, 3.63) is 35.4 Å². The van der Waals surface area contributed by atoms with Gasteiger partial charge in [-0.25, -0.2) is 0 Å². The van der Waals surface area contributed by atoms with Gasteiger partial charge < -0.3 is 5.32 Å². The minimum atomic E-state index is 0.649. The number of rotatable bonds is 5. The molecule has 1 fully saturated rings. The molecular formula is C18H28N2. The predicted molar refractivity (Wildman–Crippen MR) is 85.1 cm³/mol. The fourth-order valence-electron chi connectivity index (χ4n) is 3.85. The number of likely N-dealkylation sites (tertiary alicyclic amines) is 1. The van der Waals surface area contributed by atoms with Crippen LogP contribution in [0.3, 0.4) is 0 Å². The Bertz CT molecular complexity index is 410. The van der Waals surface area contributed by atoms with Crippen LogP contribution in [0.5, 0.6) is 0 Å². The molecule has 0 radical (unpaired) electrons. The van der Waals surface area contributed by atoms with Crippen LogP contribution < -0.4 is 5.32 Å². The standard InChI is InChI=1S/C18H28N2/c1-14(2)18(20-9-5-6-10-20)13-19-17-11-15-7-3-4-8-16(15)12-17/h3-4,7-8,14,17-19H,5-6,9-13H2,1-2H3. The van der Waals surface area contributed by atoms with Gasteiger partial charge in [0, 0.05) is 18.6 Å². The number of fused-ring (bicyclic) bond motifs is 1. The minimum absolute atomic E-state index is 0.649.